The van der Waals surface area contributed by atoms with Crippen LogP contribution in [0, 0.1) is 0 Å². The van der Waals surface area contributed by atoms with Gasteiger partial charge < -0.3 is 10.1 Å². The summed E-state index contributed by atoms with van der Waals surface area (Å²) in [5.74, 6) is -0.0739. The number of esters is 1. The molecule has 0 aromatic heterocycles. The van der Waals surface area contributed by atoms with Crippen molar-refractivity contribution in [1.29, 1.82) is 0 Å². The Bertz CT molecular complexity index is 297. The van der Waals surface area contributed by atoms with E-state index in [1.807, 2.05) is 0 Å². The minimum absolute atomic E-state index is 0.0739. The van der Waals surface area contributed by atoms with Crippen LogP contribution in [-0.4, -0.2) is 25.2 Å². The molecule has 0 aromatic carbocycles. The van der Waals surface area contributed by atoms with E-state index in [1.54, 1.807) is 0 Å². The molecule has 3 nitrogen and oxygen atoms in total. The Kier molecular flexibility index (Phi) is 9.07. The second-order valence-electron chi connectivity index (χ2n) is 4.97. The fourth-order valence-electron chi connectivity index (χ4n) is 2.17. The van der Waals surface area contributed by atoms with Crippen LogP contribution in [0.5, 0.6) is 0 Å². The molecule has 1 rings (SSSR count). The highest BCUT2D eigenvalue weighted by molar-refractivity contribution is 5.69. The Hall–Kier alpha value is -1.09. The average molecular weight is 265 g/mol. The Labute approximate surface area is 117 Å². The molecule has 0 aliphatic carbocycles. The van der Waals surface area contributed by atoms with Gasteiger partial charge in [-0.2, -0.15) is 0 Å². The van der Waals surface area contributed by atoms with Gasteiger partial charge in [-0.15, -0.1) is 0 Å². The molecule has 1 N–H and O–H groups in total. The summed E-state index contributed by atoms with van der Waals surface area (Å²) in [5, 5.41) is 3.46. The van der Waals surface area contributed by atoms with Crippen molar-refractivity contribution < 1.29 is 9.53 Å². The zero-order chi connectivity index (χ0) is 13.8. The summed E-state index contributed by atoms with van der Waals surface area (Å²) in [4.78, 5) is 11.4. The molecule has 0 radical (unpaired) electrons. The number of allylic oxidation sites excluding steroid dienone is 3. The van der Waals surface area contributed by atoms with Crippen LogP contribution in [0.25, 0.3) is 0 Å². The first-order chi connectivity index (χ1) is 9.33. The summed E-state index contributed by atoms with van der Waals surface area (Å²) in [6, 6.07) is 0.494. The van der Waals surface area contributed by atoms with Crippen LogP contribution in [0.4, 0.5) is 0 Å². The van der Waals surface area contributed by atoms with Gasteiger partial charge in [0.2, 0.25) is 0 Å². The minimum Gasteiger partial charge on any atom is -0.464 e. The van der Waals surface area contributed by atoms with Crippen LogP contribution in [0.1, 0.15) is 51.9 Å². The highest BCUT2D eigenvalue weighted by Gasteiger charge is 2.06. The molecule has 0 aromatic rings. The lowest BCUT2D eigenvalue weighted by Gasteiger charge is -2.16. The molecule has 0 bridgehead atoms. The van der Waals surface area contributed by atoms with Gasteiger partial charge in [-0.3, -0.25) is 4.79 Å². The Morgan fingerprint density at radius 3 is 3.00 bits per heavy atom. The average Bonchev–Trinajstić information content (AvgIpc) is 2.41. The van der Waals surface area contributed by atoms with Crippen LogP contribution < -0.4 is 5.32 Å². The van der Waals surface area contributed by atoms with E-state index in [1.165, 1.54) is 6.42 Å². The largest absolute Gasteiger partial charge is 0.464 e. The molecule has 19 heavy (non-hydrogen) atoms. The molecule has 0 saturated carbocycles. The zero-order valence-corrected chi connectivity index (χ0v) is 12.1. The van der Waals surface area contributed by atoms with Gasteiger partial charge in [0, 0.05) is 19.0 Å². The highest BCUT2D eigenvalue weighted by Crippen LogP contribution is 2.05. The molecule has 0 fully saturated rings. The van der Waals surface area contributed by atoms with Gasteiger partial charge in [0.1, 0.15) is 6.61 Å². The van der Waals surface area contributed by atoms with Crippen molar-refractivity contribution in [3.63, 3.8) is 0 Å². The second-order valence-corrected chi connectivity index (χ2v) is 4.97. The zero-order valence-electron chi connectivity index (χ0n) is 12.1. The number of rotatable bonds is 2. The topological polar surface area (TPSA) is 38.3 Å². The van der Waals surface area contributed by atoms with Gasteiger partial charge in [-0.1, -0.05) is 37.6 Å². The van der Waals surface area contributed by atoms with E-state index in [9.17, 15) is 4.79 Å². The molecule has 0 spiro atoms. The molecule has 3 heteroatoms. The van der Waals surface area contributed by atoms with Gasteiger partial charge >= 0.3 is 5.97 Å². The quantitative estimate of drug-likeness (QED) is 0.614. The summed E-state index contributed by atoms with van der Waals surface area (Å²) in [7, 11) is 0. The third-order valence-electron chi connectivity index (χ3n) is 3.21. The second kappa shape index (κ2) is 10.8. The number of carbonyl (C=O) groups is 1. The van der Waals surface area contributed by atoms with Gasteiger partial charge in [-0.05, 0) is 32.1 Å². The number of nitrogens with one attached hydrogen (secondary N) is 1. The highest BCUT2D eigenvalue weighted by atomic mass is 16.5. The molecular formula is C16H27NO2. The van der Waals surface area contributed by atoms with E-state index in [0.717, 1.165) is 38.6 Å². The van der Waals surface area contributed by atoms with E-state index in [4.69, 9.17) is 4.74 Å². The predicted octanol–water partition coefficient (Wildman–Crippen LogP) is 3.36. The summed E-state index contributed by atoms with van der Waals surface area (Å²) in [5.41, 5.74) is 0. The van der Waals surface area contributed by atoms with Crippen molar-refractivity contribution in [3.8, 4) is 0 Å². The van der Waals surface area contributed by atoms with E-state index in [-0.39, 0.29) is 5.97 Å². The van der Waals surface area contributed by atoms with Gasteiger partial charge in [0.05, 0.1) is 0 Å². The number of carbonyl (C=O) groups excluding carboxylic acids is 1. The summed E-state index contributed by atoms with van der Waals surface area (Å²) in [6.07, 6.45) is 15.5. The minimum atomic E-state index is -0.0739. The maximum atomic E-state index is 11.4. The lowest BCUT2D eigenvalue weighted by Crippen LogP contribution is -2.32. The molecule has 1 atom stereocenters. The Balaban J connectivity index is 2.42. The maximum Gasteiger partial charge on any atom is 0.305 e. The monoisotopic (exact) mass is 265 g/mol. The summed E-state index contributed by atoms with van der Waals surface area (Å²) >= 11 is 0. The van der Waals surface area contributed by atoms with E-state index >= 15 is 0 Å². The number of ether oxygens (including phenoxy) is 1. The first kappa shape index (κ1) is 16.0. The molecule has 0 unspecified atom stereocenters. The number of cyclic esters (lactones) is 1. The Morgan fingerprint density at radius 1 is 1.32 bits per heavy atom. The maximum absolute atomic E-state index is 11.4. The van der Waals surface area contributed by atoms with E-state index < -0.39 is 0 Å². The molecular weight excluding hydrogens is 238 g/mol. The standard InChI is InChI=1S/C16H27NO2/c1-2-10-15-11-8-6-4-3-5-7-9-12-16(18)19-14-13-17-15/h3,5-6,8,15,17H,2,4,7,9-14H2,1H3/b5-3-,8-6-/t15-/m0/s1. The molecule has 1 heterocycles. The number of hydrogen-bond acceptors (Lipinski definition) is 3. The van der Waals surface area contributed by atoms with Crippen molar-refractivity contribution in [1.82, 2.24) is 5.32 Å². The summed E-state index contributed by atoms with van der Waals surface area (Å²) < 4.78 is 5.20. The van der Waals surface area contributed by atoms with Crippen molar-refractivity contribution in [2.24, 2.45) is 0 Å². The van der Waals surface area contributed by atoms with E-state index in [0.29, 0.717) is 19.1 Å². The smallest absolute Gasteiger partial charge is 0.305 e. The lowest BCUT2D eigenvalue weighted by atomic mass is 10.1. The van der Waals surface area contributed by atoms with Crippen molar-refractivity contribution in [2.75, 3.05) is 13.2 Å². The van der Waals surface area contributed by atoms with Crippen molar-refractivity contribution >= 4 is 5.97 Å². The van der Waals surface area contributed by atoms with Crippen LogP contribution in [0.3, 0.4) is 0 Å². The van der Waals surface area contributed by atoms with Gasteiger partial charge in [-0.25, -0.2) is 0 Å². The van der Waals surface area contributed by atoms with Gasteiger partial charge in [0.15, 0.2) is 0 Å². The van der Waals surface area contributed by atoms with Crippen LogP contribution >= 0.6 is 0 Å². The van der Waals surface area contributed by atoms with Gasteiger partial charge in [0.25, 0.3) is 0 Å². The molecule has 1 aliphatic heterocycles. The van der Waals surface area contributed by atoms with E-state index in [2.05, 4.69) is 36.5 Å². The summed E-state index contributed by atoms with van der Waals surface area (Å²) in [6.45, 7) is 3.44. The SMILES string of the molecule is CCC[C@H]1C/C=C\C/C=C\CCCC(=O)OCCN1. The van der Waals surface area contributed by atoms with Crippen LogP contribution in [-0.2, 0) is 9.53 Å². The fraction of sp³-hybridized carbons (Fsp3) is 0.688. The molecule has 108 valence electrons. The number of hydrogen-bond donors (Lipinski definition) is 1. The molecule has 0 saturated heterocycles. The fourth-order valence-corrected chi connectivity index (χ4v) is 2.17. The first-order valence-electron chi connectivity index (χ1n) is 7.52. The third kappa shape index (κ3) is 8.60. The van der Waals surface area contributed by atoms with Crippen molar-refractivity contribution in [2.45, 2.75) is 57.9 Å². The first-order valence-corrected chi connectivity index (χ1v) is 7.52. The lowest BCUT2D eigenvalue weighted by molar-refractivity contribution is -0.143. The third-order valence-corrected chi connectivity index (χ3v) is 3.21. The van der Waals surface area contributed by atoms with Crippen LogP contribution in [0.15, 0.2) is 24.3 Å². The van der Waals surface area contributed by atoms with Crippen molar-refractivity contribution in [3.05, 3.63) is 24.3 Å². The molecule has 1 aliphatic rings. The normalized spacial score (nSPS) is 26.8. The predicted molar refractivity (Wildman–Crippen MR) is 79.0 cm³/mol. The van der Waals surface area contributed by atoms with Crippen LogP contribution in [0.2, 0.25) is 0 Å². The Morgan fingerprint density at radius 2 is 2.16 bits per heavy atom. The molecule has 0 amide bonds.